The van der Waals surface area contributed by atoms with Crippen LogP contribution in [0, 0.1) is 5.82 Å². The zero-order chi connectivity index (χ0) is 14.8. The molecule has 0 aliphatic carbocycles. The van der Waals surface area contributed by atoms with Crippen LogP contribution in [0.4, 0.5) is 17.6 Å². The van der Waals surface area contributed by atoms with Crippen LogP contribution in [-0.4, -0.2) is 12.0 Å². The van der Waals surface area contributed by atoms with E-state index in [0.29, 0.717) is 12.6 Å². The Morgan fingerprint density at radius 1 is 1.15 bits per heavy atom. The van der Waals surface area contributed by atoms with Gasteiger partial charge in [-0.25, -0.2) is 4.39 Å². The van der Waals surface area contributed by atoms with Gasteiger partial charge in [-0.1, -0.05) is 6.07 Å². The van der Waals surface area contributed by atoms with Gasteiger partial charge in [-0.05, 0) is 36.9 Å². The van der Waals surface area contributed by atoms with Gasteiger partial charge in [-0.2, -0.15) is 13.2 Å². The molecule has 0 aliphatic rings. The largest absolute Gasteiger partial charge is 0.416 e. The fourth-order valence-electron chi connectivity index (χ4n) is 1.79. The van der Waals surface area contributed by atoms with Crippen LogP contribution < -0.4 is 5.32 Å². The minimum Gasteiger partial charge on any atom is -0.316 e. The molecule has 0 saturated heterocycles. The number of hydrogen-bond acceptors (Lipinski definition) is 2. The first-order valence-electron chi connectivity index (χ1n) is 5.88. The monoisotopic (exact) mass is 284 g/mol. The van der Waals surface area contributed by atoms with E-state index in [1.54, 1.807) is 13.1 Å². The van der Waals surface area contributed by atoms with Gasteiger partial charge in [0.25, 0.3) is 0 Å². The maximum absolute atomic E-state index is 13.7. The van der Waals surface area contributed by atoms with E-state index in [2.05, 4.69) is 10.3 Å². The topological polar surface area (TPSA) is 24.9 Å². The lowest BCUT2D eigenvalue weighted by molar-refractivity contribution is -0.137. The molecule has 0 atom stereocenters. The van der Waals surface area contributed by atoms with Crippen LogP contribution >= 0.6 is 0 Å². The second kappa shape index (κ2) is 5.58. The number of pyridine rings is 1. The van der Waals surface area contributed by atoms with Gasteiger partial charge in [0, 0.05) is 18.3 Å². The average Bonchev–Trinajstić information content (AvgIpc) is 2.39. The first-order chi connectivity index (χ1) is 9.41. The van der Waals surface area contributed by atoms with Crippen LogP contribution in [0.1, 0.15) is 11.1 Å². The van der Waals surface area contributed by atoms with Crippen LogP contribution in [0.3, 0.4) is 0 Å². The van der Waals surface area contributed by atoms with Crippen molar-refractivity contribution < 1.29 is 17.6 Å². The van der Waals surface area contributed by atoms with E-state index < -0.39 is 17.6 Å². The van der Waals surface area contributed by atoms with Gasteiger partial charge < -0.3 is 5.32 Å². The summed E-state index contributed by atoms with van der Waals surface area (Å²) in [5.74, 6) is -0.730. The fraction of sp³-hybridized carbons (Fsp3) is 0.214. The molecule has 0 amide bonds. The first-order valence-corrected chi connectivity index (χ1v) is 5.88. The number of hydrogen-bond donors (Lipinski definition) is 1. The van der Waals surface area contributed by atoms with Gasteiger partial charge in [0.15, 0.2) is 0 Å². The Hall–Kier alpha value is -1.95. The van der Waals surface area contributed by atoms with E-state index in [1.165, 1.54) is 12.3 Å². The normalized spacial score (nSPS) is 11.7. The molecule has 1 aromatic carbocycles. The highest BCUT2D eigenvalue weighted by molar-refractivity contribution is 5.61. The van der Waals surface area contributed by atoms with E-state index in [-0.39, 0.29) is 11.3 Å². The molecule has 1 N–H and O–H groups in total. The molecule has 1 heterocycles. The van der Waals surface area contributed by atoms with Crippen LogP contribution in [0.25, 0.3) is 11.3 Å². The second-order valence-electron chi connectivity index (χ2n) is 4.27. The smallest absolute Gasteiger partial charge is 0.316 e. The number of nitrogens with zero attached hydrogens (tertiary/aromatic N) is 1. The number of benzene rings is 1. The van der Waals surface area contributed by atoms with Crippen molar-refractivity contribution >= 4 is 0 Å². The van der Waals surface area contributed by atoms with Crippen molar-refractivity contribution in [3.05, 3.63) is 53.5 Å². The molecule has 2 nitrogen and oxygen atoms in total. The molecule has 0 bridgehead atoms. The molecular formula is C14H12F4N2. The third-order valence-electron chi connectivity index (χ3n) is 2.78. The summed E-state index contributed by atoms with van der Waals surface area (Å²) >= 11 is 0. The van der Waals surface area contributed by atoms with Gasteiger partial charge in [0.1, 0.15) is 5.82 Å². The van der Waals surface area contributed by atoms with E-state index in [0.717, 1.165) is 17.7 Å². The minimum atomic E-state index is -4.51. The zero-order valence-corrected chi connectivity index (χ0v) is 10.6. The van der Waals surface area contributed by atoms with Gasteiger partial charge in [-0.3, -0.25) is 4.98 Å². The predicted octanol–water partition coefficient (Wildman–Crippen LogP) is 3.63. The summed E-state index contributed by atoms with van der Waals surface area (Å²) in [5.41, 5.74) is -0.0112. The highest BCUT2D eigenvalue weighted by Gasteiger charge is 2.31. The van der Waals surface area contributed by atoms with Gasteiger partial charge >= 0.3 is 6.18 Å². The third kappa shape index (κ3) is 3.14. The highest BCUT2D eigenvalue weighted by atomic mass is 19.4. The molecule has 2 aromatic rings. The van der Waals surface area contributed by atoms with Crippen LogP contribution in [0.2, 0.25) is 0 Å². The summed E-state index contributed by atoms with van der Waals surface area (Å²) in [7, 11) is 1.76. The maximum Gasteiger partial charge on any atom is 0.416 e. The Kier molecular flexibility index (Phi) is 4.04. The van der Waals surface area contributed by atoms with Crippen LogP contribution in [-0.2, 0) is 12.7 Å². The zero-order valence-electron chi connectivity index (χ0n) is 10.6. The molecule has 0 spiro atoms. The molecule has 0 unspecified atom stereocenters. The second-order valence-corrected chi connectivity index (χ2v) is 4.27. The van der Waals surface area contributed by atoms with Crippen LogP contribution in [0.15, 0.2) is 36.5 Å². The Morgan fingerprint density at radius 3 is 2.45 bits per heavy atom. The lowest BCUT2D eigenvalue weighted by Gasteiger charge is -2.10. The Balaban J connectivity index is 2.41. The Bertz CT molecular complexity index is 591. The summed E-state index contributed by atoms with van der Waals surface area (Å²) in [6.45, 7) is 0.582. The number of nitrogens with one attached hydrogen (secondary N) is 1. The lowest BCUT2D eigenvalue weighted by Crippen LogP contribution is -2.06. The van der Waals surface area contributed by atoms with E-state index in [1.807, 2.05) is 0 Å². The van der Waals surface area contributed by atoms with Gasteiger partial charge in [0.05, 0.1) is 11.3 Å². The third-order valence-corrected chi connectivity index (χ3v) is 2.78. The molecule has 0 saturated carbocycles. The van der Waals surface area contributed by atoms with Crippen molar-refractivity contribution in [2.75, 3.05) is 7.05 Å². The van der Waals surface area contributed by atoms with Crippen molar-refractivity contribution in [2.24, 2.45) is 0 Å². The molecule has 1 aromatic heterocycles. The Labute approximate surface area is 113 Å². The van der Waals surface area contributed by atoms with Crippen LogP contribution in [0.5, 0.6) is 0 Å². The lowest BCUT2D eigenvalue weighted by atomic mass is 10.1. The van der Waals surface area contributed by atoms with E-state index in [4.69, 9.17) is 0 Å². The quantitative estimate of drug-likeness (QED) is 0.871. The Morgan fingerprint density at radius 2 is 1.90 bits per heavy atom. The number of alkyl halides is 3. The molecular weight excluding hydrogens is 272 g/mol. The molecule has 2 rings (SSSR count). The molecule has 0 radical (unpaired) electrons. The van der Waals surface area contributed by atoms with Gasteiger partial charge in [0.2, 0.25) is 0 Å². The summed E-state index contributed by atoms with van der Waals surface area (Å²) in [4.78, 5) is 4.00. The average molecular weight is 284 g/mol. The van der Waals surface area contributed by atoms with Crippen molar-refractivity contribution in [3.8, 4) is 11.3 Å². The van der Waals surface area contributed by atoms with Gasteiger partial charge in [-0.15, -0.1) is 0 Å². The molecule has 106 valence electrons. The number of rotatable bonds is 3. The highest BCUT2D eigenvalue weighted by Crippen LogP contribution is 2.33. The van der Waals surface area contributed by atoms with E-state index >= 15 is 0 Å². The molecule has 20 heavy (non-hydrogen) atoms. The van der Waals surface area contributed by atoms with Crippen molar-refractivity contribution in [2.45, 2.75) is 12.7 Å². The minimum absolute atomic E-state index is 0.157. The van der Waals surface area contributed by atoms with Crippen molar-refractivity contribution in [1.29, 1.82) is 0 Å². The SMILES string of the molecule is CNCc1ccc(-c2cc(C(F)(F)F)ccc2F)nc1. The number of halogens is 4. The summed E-state index contributed by atoms with van der Waals surface area (Å²) in [5, 5.41) is 2.92. The van der Waals surface area contributed by atoms with Crippen molar-refractivity contribution in [1.82, 2.24) is 10.3 Å². The standard InChI is InChI=1S/C14H12F4N2/c1-19-7-9-2-5-13(20-8-9)11-6-10(14(16,17)18)3-4-12(11)15/h2-6,8,19H,7H2,1H3. The molecule has 0 fully saturated rings. The summed E-state index contributed by atoms with van der Waals surface area (Å²) in [6, 6.07) is 5.49. The maximum atomic E-state index is 13.7. The molecule has 0 aliphatic heterocycles. The number of aromatic nitrogens is 1. The predicted molar refractivity (Wildman–Crippen MR) is 67.4 cm³/mol. The van der Waals surface area contributed by atoms with Crippen molar-refractivity contribution in [3.63, 3.8) is 0 Å². The summed E-state index contributed by atoms with van der Waals surface area (Å²) in [6.07, 6.45) is -3.00. The fourth-order valence-corrected chi connectivity index (χ4v) is 1.79. The summed E-state index contributed by atoms with van der Waals surface area (Å²) < 4.78 is 51.6. The first kappa shape index (κ1) is 14.5. The molecule has 6 heteroatoms. The van der Waals surface area contributed by atoms with E-state index in [9.17, 15) is 17.6 Å².